The average molecular weight is 181 g/mol. The summed E-state index contributed by atoms with van der Waals surface area (Å²) in [6.07, 6.45) is 4.21. The van der Waals surface area contributed by atoms with Crippen molar-refractivity contribution in [2.24, 2.45) is 16.8 Å². The van der Waals surface area contributed by atoms with Crippen LogP contribution in [0.3, 0.4) is 0 Å². The lowest BCUT2D eigenvalue weighted by atomic mass is 9.99. The van der Waals surface area contributed by atoms with E-state index in [1.165, 1.54) is 5.57 Å². The first kappa shape index (κ1) is 12.4. The Hall–Kier alpha value is -0.590. The molecule has 76 valence electrons. The minimum absolute atomic E-state index is 0.339. The zero-order valence-corrected chi connectivity index (χ0v) is 9.83. The zero-order valence-electron chi connectivity index (χ0n) is 9.83. The summed E-state index contributed by atoms with van der Waals surface area (Å²) in [5.74, 6) is 1.26. The largest absolute Gasteiger partial charge is 0.290 e. The monoisotopic (exact) mass is 181 g/mol. The summed E-state index contributed by atoms with van der Waals surface area (Å²) < 4.78 is 0. The van der Waals surface area contributed by atoms with Gasteiger partial charge in [-0.1, -0.05) is 32.4 Å². The van der Waals surface area contributed by atoms with Gasteiger partial charge in [-0.15, -0.1) is 0 Å². The van der Waals surface area contributed by atoms with Crippen molar-refractivity contribution >= 4 is 6.21 Å². The molecule has 1 heteroatoms. The van der Waals surface area contributed by atoms with Crippen LogP contribution in [0.25, 0.3) is 0 Å². The second kappa shape index (κ2) is 5.95. The summed E-state index contributed by atoms with van der Waals surface area (Å²) in [6, 6.07) is 0.339. The van der Waals surface area contributed by atoms with Crippen molar-refractivity contribution in [3.05, 3.63) is 11.6 Å². The van der Waals surface area contributed by atoms with Gasteiger partial charge >= 0.3 is 0 Å². The molecule has 1 nitrogen and oxygen atoms in total. The standard InChI is InChI=1S/C12H23N/c1-7-10(4)12(6)13-8-11(5)9(2)3/h7-9,11-12H,1-6H3/b10-7+,13-8+/t11?,12-/m1/s1. The number of nitrogens with zero attached hydrogens (tertiary/aromatic N) is 1. The van der Waals surface area contributed by atoms with Gasteiger partial charge in [-0.3, -0.25) is 4.99 Å². The van der Waals surface area contributed by atoms with Gasteiger partial charge in [-0.25, -0.2) is 0 Å². The van der Waals surface area contributed by atoms with E-state index in [2.05, 4.69) is 58.8 Å². The molecule has 0 rings (SSSR count). The molecule has 0 aromatic rings. The Labute approximate surface area is 83.0 Å². The third kappa shape index (κ3) is 4.87. The Kier molecular flexibility index (Phi) is 5.68. The number of hydrogen-bond acceptors (Lipinski definition) is 1. The molecule has 0 spiro atoms. The molecule has 0 radical (unpaired) electrons. The maximum atomic E-state index is 4.52. The molecule has 2 atom stereocenters. The molecule has 13 heavy (non-hydrogen) atoms. The Balaban J connectivity index is 4.12. The highest BCUT2D eigenvalue weighted by Crippen LogP contribution is 2.09. The van der Waals surface area contributed by atoms with E-state index in [0.29, 0.717) is 17.9 Å². The van der Waals surface area contributed by atoms with Crippen LogP contribution >= 0.6 is 0 Å². The fraction of sp³-hybridized carbons (Fsp3) is 0.750. The molecule has 0 aliphatic carbocycles. The zero-order chi connectivity index (χ0) is 10.4. The van der Waals surface area contributed by atoms with Crippen molar-refractivity contribution in [1.29, 1.82) is 0 Å². The molecule has 0 aliphatic heterocycles. The van der Waals surface area contributed by atoms with Crippen molar-refractivity contribution in [2.45, 2.75) is 47.6 Å². The van der Waals surface area contributed by atoms with E-state index < -0.39 is 0 Å². The van der Waals surface area contributed by atoms with Crippen molar-refractivity contribution < 1.29 is 0 Å². The predicted octanol–water partition coefficient (Wildman–Crippen LogP) is 3.70. The van der Waals surface area contributed by atoms with Crippen LogP contribution in [-0.2, 0) is 0 Å². The average Bonchev–Trinajstić information content (AvgIpc) is 2.11. The van der Waals surface area contributed by atoms with Gasteiger partial charge < -0.3 is 0 Å². The molecule has 0 amide bonds. The Morgan fingerprint density at radius 1 is 1.15 bits per heavy atom. The van der Waals surface area contributed by atoms with Crippen molar-refractivity contribution in [3.8, 4) is 0 Å². The summed E-state index contributed by atoms with van der Waals surface area (Å²) in [4.78, 5) is 4.52. The number of aliphatic imine (C=N–C) groups is 1. The fourth-order valence-electron chi connectivity index (χ4n) is 0.796. The Bertz CT molecular complexity index is 189. The van der Waals surface area contributed by atoms with Crippen LogP contribution in [0.4, 0.5) is 0 Å². The smallest absolute Gasteiger partial charge is 0.0674 e. The van der Waals surface area contributed by atoms with Crippen molar-refractivity contribution in [3.63, 3.8) is 0 Å². The molecule has 0 aromatic carbocycles. The highest BCUT2D eigenvalue weighted by atomic mass is 14.8. The molecule has 0 saturated heterocycles. The highest BCUT2D eigenvalue weighted by Gasteiger charge is 2.04. The highest BCUT2D eigenvalue weighted by molar-refractivity contribution is 5.61. The van der Waals surface area contributed by atoms with E-state index in [0.717, 1.165) is 0 Å². The summed E-state index contributed by atoms with van der Waals surface area (Å²) >= 11 is 0. The first-order valence-electron chi connectivity index (χ1n) is 5.15. The third-order valence-corrected chi connectivity index (χ3v) is 2.71. The van der Waals surface area contributed by atoms with Gasteiger partial charge in [0.25, 0.3) is 0 Å². The lowest BCUT2D eigenvalue weighted by molar-refractivity contribution is 0.538. The maximum Gasteiger partial charge on any atom is 0.0674 e. The summed E-state index contributed by atoms with van der Waals surface area (Å²) in [5.41, 5.74) is 1.34. The van der Waals surface area contributed by atoms with E-state index >= 15 is 0 Å². The second-order valence-electron chi connectivity index (χ2n) is 4.11. The number of allylic oxidation sites excluding steroid dienone is 1. The van der Waals surface area contributed by atoms with E-state index in [1.54, 1.807) is 0 Å². The van der Waals surface area contributed by atoms with Gasteiger partial charge in [-0.2, -0.15) is 0 Å². The van der Waals surface area contributed by atoms with E-state index in [4.69, 9.17) is 0 Å². The van der Waals surface area contributed by atoms with Crippen LogP contribution in [-0.4, -0.2) is 12.3 Å². The quantitative estimate of drug-likeness (QED) is 0.463. The predicted molar refractivity (Wildman–Crippen MR) is 61.4 cm³/mol. The van der Waals surface area contributed by atoms with Crippen molar-refractivity contribution in [2.75, 3.05) is 0 Å². The summed E-state index contributed by atoms with van der Waals surface area (Å²) in [7, 11) is 0. The molecule has 0 aromatic heterocycles. The molecular weight excluding hydrogens is 158 g/mol. The van der Waals surface area contributed by atoms with Gasteiger partial charge in [-0.05, 0) is 32.6 Å². The Morgan fingerprint density at radius 2 is 1.69 bits per heavy atom. The molecule has 0 N–H and O–H groups in total. The van der Waals surface area contributed by atoms with E-state index in [1.807, 2.05) is 0 Å². The SMILES string of the molecule is C/C=C(\C)[C@@H](C)/N=C/C(C)C(C)C. The minimum Gasteiger partial charge on any atom is -0.290 e. The molecule has 1 unspecified atom stereocenters. The van der Waals surface area contributed by atoms with Gasteiger partial charge in [0.15, 0.2) is 0 Å². The van der Waals surface area contributed by atoms with Gasteiger partial charge in [0.2, 0.25) is 0 Å². The first-order valence-corrected chi connectivity index (χ1v) is 5.15. The van der Waals surface area contributed by atoms with E-state index in [-0.39, 0.29) is 0 Å². The number of rotatable bonds is 4. The van der Waals surface area contributed by atoms with Crippen molar-refractivity contribution in [1.82, 2.24) is 0 Å². The molecule has 0 heterocycles. The first-order chi connectivity index (χ1) is 5.99. The second-order valence-corrected chi connectivity index (χ2v) is 4.11. The molecular formula is C12H23N. The van der Waals surface area contributed by atoms with Gasteiger partial charge in [0, 0.05) is 6.21 Å². The third-order valence-electron chi connectivity index (χ3n) is 2.71. The van der Waals surface area contributed by atoms with Gasteiger partial charge in [0.1, 0.15) is 0 Å². The lowest BCUT2D eigenvalue weighted by Crippen LogP contribution is -2.08. The topological polar surface area (TPSA) is 12.4 Å². The van der Waals surface area contributed by atoms with Crippen LogP contribution in [0.1, 0.15) is 41.5 Å². The molecule has 0 saturated carbocycles. The Morgan fingerprint density at radius 3 is 2.08 bits per heavy atom. The molecule has 0 aliphatic rings. The van der Waals surface area contributed by atoms with Crippen LogP contribution in [0.15, 0.2) is 16.6 Å². The number of hydrogen-bond donors (Lipinski definition) is 0. The molecule has 0 bridgehead atoms. The van der Waals surface area contributed by atoms with Crippen LogP contribution in [0.5, 0.6) is 0 Å². The summed E-state index contributed by atoms with van der Waals surface area (Å²) in [6.45, 7) is 13.0. The normalized spacial score (nSPS) is 18.2. The van der Waals surface area contributed by atoms with Crippen LogP contribution < -0.4 is 0 Å². The maximum absolute atomic E-state index is 4.52. The van der Waals surface area contributed by atoms with Crippen LogP contribution in [0, 0.1) is 11.8 Å². The lowest BCUT2D eigenvalue weighted by Gasteiger charge is -2.11. The van der Waals surface area contributed by atoms with Crippen LogP contribution in [0.2, 0.25) is 0 Å². The summed E-state index contributed by atoms with van der Waals surface area (Å²) in [5, 5.41) is 0. The van der Waals surface area contributed by atoms with Gasteiger partial charge in [0.05, 0.1) is 6.04 Å². The fourth-order valence-corrected chi connectivity index (χ4v) is 0.796. The minimum atomic E-state index is 0.339. The molecule has 0 fully saturated rings. The van der Waals surface area contributed by atoms with E-state index in [9.17, 15) is 0 Å².